The van der Waals surface area contributed by atoms with Gasteiger partial charge in [0.15, 0.2) is 0 Å². The van der Waals surface area contributed by atoms with Crippen molar-refractivity contribution in [1.82, 2.24) is 10.2 Å². The van der Waals surface area contributed by atoms with Crippen LogP contribution in [0.5, 0.6) is 0 Å². The van der Waals surface area contributed by atoms with Crippen LogP contribution in [-0.4, -0.2) is 29.3 Å². The normalized spacial score (nSPS) is 11.8. The van der Waals surface area contributed by atoms with Crippen LogP contribution >= 0.6 is 23.2 Å². The van der Waals surface area contributed by atoms with Crippen LogP contribution in [0.1, 0.15) is 68.2 Å². The lowest BCUT2D eigenvalue weighted by Crippen LogP contribution is -2.50. The number of unbranched alkanes of at least 4 members (excludes halogenated alkanes) is 1. The Morgan fingerprint density at radius 1 is 0.868 bits per heavy atom. The summed E-state index contributed by atoms with van der Waals surface area (Å²) in [4.78, 5) is 29.0. The molecule has 3 rings (SSSR count). The number of carbonyl (C=O) groups is 2. The first kappa shape index (κ1) is 29.7. The van der Waals surface area contributed by atoms with Crippen molar-refractivity contribution in [1.29, 1.82) is 0 Å². The quantitative estimate of drug-likeness (QED) is 0.222. The molecule has 1 atom stereocenters. The molecule has 0 saturated carbocycles. The van der Waals surface area contributed by atoms with Gasteiger partial charge in [-0.1, -0.05) is 111 Å². The molecule has 2 amide bonds. The maximum atomic E-state index is 13.8. The number of halogens is 2. The number of nitrogens with zero attached hydrogens (tertiary/aromatic N) is 1. The molecular formula is C32H38Cl2N2O2. The van der Waals surface area contributed by atoms with Gasteiger partial charge in [-0.15, -0.1) is 0 Å². The molecule has 0 heterocycles. The molecule has 0 bridgehead atoms. The fourth-order valence-corrected chi connectivity index (χ4v) is 4.68. The summed E-state index contributed by atoms with van der Waals surface area (Å²) in [5, 5.41) is 3.94. The smallest absolute Gasteiger partial charge is 0.243 e. The Balaban J connectivity index is 1.88. The first-order valence-electron chi connectivity index (χ1n) is 13.4. The Morgan fingerprint density at radius 3 is 2.18 bits per heavy atom. The highest BCUT2D eigenvalue weighted by Crippen LogP contribution is 2.25. The van der Waals surface area contributed by atoms with Gasteiger partial charge in [0.2, 0.25) is 11.8 Å². The predicted octanol–water partition coefficient (Wildman–Crippen LogP) is 7.61. The van der Waals surface area contributed by atoms with Gasteiger partial charge in [-0.3, -0.25) is 9.59 Å². The van der Waals surface area contributed by atoms with E-state index in [4.69, 9.17) is 23.2 Å². The predicted molar refractivity (Wildman–Crippen MR) is 158 cm³/mol. The van der Waals surface area contributed by atoms with Crippen LogP contribution in [-0.2, 0) is 29.0 Å². The Labute approximate surface area is 237 Å². The van der Waals surface area contributed by atoms with Crippen molar-refractivity contribution in [2.75, 3.05) is 6.54 Å². The average Bonchev–Trinajstić information content (AvgIpc) is 2.92. The zero-order valence-electron chi connectivity index (χ0n) is 22.6. The van der Waals surface area contributed by atoms with E-state index in [1.165, 1.54) is 5.56 Å². The highest BCUT2D eigenvalue weighted by Gasteiger charge is 2.30. The Kier molecular flexibility index (Phi) is 11.7. The minimum absolute atomic E-state index is 0.0735. The summed E-state index contributed by atoms with van der Waals surface area (Å²) in [6.07, 6.45) is 3.19. The minimum Gasteiger partial charge on any atom is -0.354 e. The maximum Gasteiger partial charge on any atom is 0.243 e. The van der Waals surface area contributed by atoms with Crippen molar-refractivity contribution in [2.45, 2.75) is 71.4 Å². The van der Waals surface area contributed by atoms with E-state index in [1.807, 2.05) is 36.4 Å². The molecule has 1 N–H and O–H groups in total. The number of amides is 2. The molecule has 38 heavy (non-hydrogen) atoms. The molecule has 202 valence electrons. The number of nitrogens with one attached hydrogen (secondary N) is 1. The second-order valence-electron chi connectivity index (χ2n) is 10.0. The molecule has 6 heteroatoms. The zero-order valence-corrected chi connectivity index (χ0v) is 24.1. The van der Waals surface area contributed by atoms with Crippen LogP contribution in [0.3, 0.4) is 0 Å². The van der Waals surface area contributed by atoms with Crippen LogP contribution in [0, 0.1) is 0 Å². The second kappa shape index (κ2) is 14.9. The van der Waals surface area contributed by atoms with E-state index < -0.39 is 6.04 Å². The SMILES string of the molecule is CCCCNC(=O)C(Cc1ccccc1)N(Cc1ccc(Cl)c(Cl)c1)C(=O)CCc1ccc(C(C)C)cc1. The van der Waals surface area contributed by atoms with E-state index in [0.29, 0.717) is 41.8 Å². The van der Waals surface area contributed by atoms with Crippen LogP contribution in [0.2, 0.25) is 10.0 Å². The summed E-state index contributed by atoms with van der Waals surface area (Å²) >= 11 is 12.4. The van der Waals surface area contributed by atoms with E-state index >= 15 is 0 Å². The first-order chi connectivity index (χ1) is 18.3. The molecule has 3 aromatic rings. The first-order valence-corrected chi connectivity index (χ1v) is 14.2. The lowest BCUT2D eigenvalue weighted by atomic mass is 9.99. The number of rotatable bonds is 13. The summed E-state index contributed by atoms with van der Waals surface area (Å²) in [6.45, 7) is 7.26. The lowest BCUT2D eigenvalue weighted by molar-refractivity contribution is -0.141. The van der Waals surface area contributed by atoms with Crippen molar-refractivity contribution < 1.29 is 9.59 Å². The summed E-state index contributed by atoms with van der Waals surface area (Å²) < 4.78 is 0. The van der Waals surface area contributed by atoms with Gasteiger partial charge in [-0.25, -0.2) is 0 Å². The van der Waals surface area contributed by atoms with Crippen molar-refractivity contribution in [2.24, 2.45) is 0 Å². The molecule has 0 aliphatic carbocycles. The lowest BCUT2D eigenvalue weighted by Gasteiger charge is -2.32. The Bertz CT molecular complexity index is 1180. The monoisotopic (exact) mass is 552 g/mol. The van der Waals surface area contributed by atoms with Gasteiger partial charge >= 0.3 is 0 Å². The fourth-order valence-electron chi connectivity index (χ4n) is 4.36. The third-order valence-electron chi connectivity index (χ3n) is 6.71. The van der Waals surface area contributed by atoms with E-state index in [2.05, 4.69) is 50.4 Å². The van der Waals surface area contributed by atoms with Gasteiger partial charge in [0, 0.05) is 25.9 Å². The number of aryl methyl sites for hydroxylation is 1. The number of benzene rings is 3. The maximum absolute atomic E-state index is 13.8. The molecule has 0 aromatic heterocycles. The molecule has 1 unspecified atom stereocenters. The van der Waals surface area contributed by atoms with Crippen molar-refractivity contribution in [3.63, 3.8) is 0 Å². The summed E-state index contributed by atoms with van der Waals surface area (Å²) in [5.41, 5.74) is 4.20. The summed E-state index contributed by atoms with van der Waals surface area (Å²) in [7, 11) is 0. The molecule has 0 spiro atoms. The van der Waals surface area contributed by atoms with Crippen LogP contribution in [0.4, 0.5) is 0 Å². The second-order valence-corrected chi connectivity index (χ2v) is 10.8. The van der Waals surface area contributed by atoms with Crippen LogP contribution < -0.4 is 5.32 Å². The van der Waals surface area contributed by atoms with E-state index in [1.54, 1.807) is 17.0 Å². The van der Waals surface area contributed by atoms with Crippen molar-refractivity contribution in [3.05, 3.63) is 105 Å². The van der Waals surface area contributed by atoms with E-state index in [9.17, 15) is 9.59 Å². The van der Waals surface area contributed by atoms with E-state index in [0.717, 1.165) is 29.5 Å². The molecule has 0 aliphatic heterocycles. The highest BCUT2D eigenvalue weighted by molar-refractivity contribution is 6.42. The average molecular weight is 554 g/mol. The zero-order chi connectivity index (χ0) is 27.5. The molecule has 0 fully saturated rings. The number of carbonyl (C=O) groups excluding carboxylic acids is 2. The topological polar surface area (TPSA) is 49.4 Å². The largest absolute Gasteiger partial charge is 0.354 e. The van der Waals surface area contributed by atoms with Gasteiger partial charge < -0.3 is 10.2 Å². The van der Waals surface area contributed by atoms with Crippen molar-refractivity contribution >= 4 is 35.0 Å². The highest BCUT2D eigenvalue weighted by atomic mass is 35.5. The molecule has 0 saturated heterocycles. The molecular weight excluding hydrogens is 515 g/mol. The van der Waals surface area contributed by atoms with Gasteiger partial charge in [-0.05, 0) is 53.1 Å². The van der Waals surface area contributed by atoms with E-state index in [-0.39, 0.29) is 18.4 Å². The summed E-state index contributed by atoms with van der Waals surface area (Å²) in [6, 6.07) is 22.9. The molecule has 0 aliphatic rings. The fraction of sp³-hybridized carbons (Fsp3) is 0.375. The summed E-state index contributed by atoms with van der Waals surface area (Å²) in [5.74, 6) is 0.241. The molecule has 4 nitrogen and oxygen atoms in total. The number of hydrogen-bond acceptors (Lipinski definition) is 2. The third kappa shape index (κ3) is 8.89. The van der Waals surface area contributed by atoms with Gasteiger partial charge in [0.1, 0.15) is 6.04 Å². The molecule has 0 radical (unpaired) electrons. The minimum atomic E-state index is -0.653. The molecule has 3 aromatic carbocycles. The Morgan fingerprint density at radius 2 is 1.55 bits per heavy atom. The Hall–Kier alpha value is -2.82. The van der Waals surface area contributed by atoms with Crippen LogP contribution in [0.15, 0.2) is 72.8 Å². The van der Waals surface area contributed by atoms with Gasteiger partial charge in [0.25, 0.3) is 0 Å². The third-order valence-corrected chi connectivity index (χ3v) is 7.45. The standard InChI is InChI=1S/C32H38Cl2N2O2/c1-4-5-19-35-32(38)30(21-25-9-7-6-8-10-25)36(22-26-13-17-28(33)29(34)20-26)31(37)18-14-24-11-15-27(16-12-24)23(2)3/h6-13,15-17,20,23,30H,4-5,14,18-19,21-22H2,1-3H3,(H,35,38). The van der Waals surface area contributed by atoms with Crippen molar-refractivity contribution in [3.8, 4) is 0 Å². The van der Waals surface area contributed by atoms with Crippen LogP contribution in [0.25, 0.3) is 0 Å². The van der Waals surface area contributed by atoms with Gasteiger partial charge in [0.05, 0.1) is 10.0 Å². The van der Waals surface area contributed by atoms with Gasteiger partial charge in [-0.2, -0.15) is 0 Å². The number of hydrogen-bond donors (Lipinski definition) is 1.